The van der Waals surface area contributed by atoms with E-state index in [0.29, 0.717) is 6.54 Å². The quantitative estimate of drug-likeness (QED) is 0.911. The molecule has 0 radical (unpaired) electrons. The molecule has 2 N–H and O–H groups in total. The third kappa shape index (κ3) is 2.92. The Morgan fingerprint density at radius 1 is 1.50 bits per heavy atom. The molecule has 1 atom stereocenters. The van der Waals surface area contributed by atoms with E-state index in [2.05, 4.69) is 0 Å². The first kappa shape index (κ1) is 17.2. The molecule has 1 fully saturated rings. The number of nitrogens with two attached hydrogens (primary N) is 1. The number of halogens is 2. The van der Waals surface area contributed by atoms with Crippen molar-refractivity contribution >= 4 is 34.0 Å². The second-order valence-electron chi connectivity index (χ2n) is 4.37. The van der Waals surface area contributed by atoms with Crippen LogP contribution < -0.4 is 5.73 Å². The van der Waals surface area contributed by atoms with Crippen molar-refractivity contribution in [3.63, 3.8) is 0 Å². The fraction of sp³-hybridized carbons (Fsp3) is 0.417. The van der Waals surface area contributed by atoms with Crippen molar-refractivity contribution < 1.29 is 8.42 Å². The average Bonchev–Trinajstić information content (AvgIpc) is 2.87. The third-order valence-electron chi connectivity index (χ3n) is 3.27. The van der Waals surface area contributed by atoms with Gasteiger partial charge in [-0.25, -0.2) is 8.42 Å². The Morgan fingerprint density at radius 2 is 2.20 bits per heavy atom. The van der Waals surface area contributed by atoms with Crippen molar-refractivity contribution in [2.45, 2.75) is 23.8 Å². The Bertz CT molecular complexity index is 628. The van der Waals surface area contributed by atoms with Crippen LogP contribution in [-0.2, 0) is 10.0 Å². The molecule has 1 aliphatic rings. The van der Waals surface area contributed by atoms with E-state index >= 15 is 0 Å². The number of benzene rings is 1. The molecule has 0 bridgehead atoms. The molecule has 1 unspecified atom stereocenters. The van der Waals surface area contributed by atoms with E-state index in [0.717, 1.165) is 12.8 Å². The molecule has 0 saturated carbocycles. The van der Waals surface area contributed by atoms with Crippen LogP contribution in [-0.4, -0.2) is 31.9 Å². The highest BCUT2D eigenvalue weighted by Gasteiger charge is 2.36. The predicted octanol–water partition coefficient (Wildman–Crippen LogP) is 1.75. The first-order valence-corrected chi connectivity index (χ1v) is 7.74. The minimum atomic E-state index is -3.72. The Morgan fingerprint density at radius 3 is 2.80 bits per heavy atom. The van der Waals surface area contributed by atoms with E-state index in [-0.39, 0.29) is 40.5 Å². The number of rotatable bonds is 3. The fourth-order valence-electron chi connectivity index (χ4n) is 2.32. The van der Waals surface area contributed by atoms with Crippen molar-refractivity contribution in [2.75, 3.05) is 13.1 Å². The average molecular weight is 336 g/mol. The van der Waals surface area contributed by atoms with Crippen molar-refractivity contribution in [1.29, 1.82) is 5.26 Å². The normalized spacial score (nSPS) is 19.4. The lowest BCUT2D eigenvalue weighted by atomic mass is 10.2. The maximum Gasteiger partial charge on any atom is 0.244 e. The molecule has 1 saturated heterocycles. The van der Waals surface area contributed by atoms with Crippen LogP contribution in [0.2, 0.25) is 5.02 Å². The summed E-state index contributed by atoms with van der Waals surface area (Å²) in [7, 11) is -3.72. The largest absolute Gasteiger partial charge is 0.329 e. The van der Waals surface area contributed by atoms with Gasteiger partial charge in [-0.3, -0.25) is 0 Å². The molecular weight excluding hydrogens is 321 g/mol. The van der Waals surface area contributed by atoms with Gasteiger partial charge in [0.15, 0.2) is 0 Å². The molecule has 2 rings (SSSR count). The SMILES string of the molecule is Cl.N#Cc1c(Cl)cccc1S(=O)(=O)N1CCCC1CN. The van der Waals surface area contributed by atoms with Crippen LogP contribution >= 0.6 is 24.0 Å². The molecule has 1 heterocycles. The van der Waals surface area contributed by atoms with Gasteiger partial charge in [-0.1, -0.05) is 17.7 Å². The van der Waals surface area contributed by atoms with E-state index in [1.165, 1.54) is 22.5 Å². The highest BCUT2D eigenvalue weighted by molar-refractivity contribution is 7.89. The minimum absolute atomic E-state index is 0. The lowest BCUT2D eigenvalue weighted by molar-refractivity contribution is 0.393. The molecule has 0 aliphatic carbocycles. The van der Waals surface area contributed by atoms with E-state index in [9.17, 15) is 8.42 Å². The molecule has 1 aliphatic heterocycles. The third-order valence-corrected chi connectivity index (χ3v) is 5.58. The van der Waals surface area contributed by atoms with Gasteiger partial charge in [0.1, 0.15) is 11.0 Å². The molecule has 20 heavy (non-hydrogen) atoms. The molecule has 5 nitrogen and oxygen atoms in total. The number of hydrogen-bond acceptors (Lipinski definition) is 4. The summed E-state index contributed by atoms with van der Waals surface area (Å²) in [6, 6.07) is 6.10. The van der Waals surface area contributed by atoms with Crippen LogP contribution in [0.25, 0.3) is 0 Å². The molecule has 8 heteroatoms. The van der Waals surface area contributed by atoms with Crippen molar-refractivity contribution in [1.82, 2.24) is 4.31 Å². The second-order valence-corrected chi connectivity index (χ2v) is 6.64. The summed E-state index contributed by atoms with van der Waals surface area (Å²) in [4.78, 5) is -0.0390. The maximum atomic E-state index is 12.6. The molecular formula is C12H15Cl2N3O2S. The van der Waals surface area contributed by atoms with Crippen LogP contribution in [0.5, 0.6) is 0 Å². The van der Waals surface area contributed by atoms with E-state index in [1.807, 2.05) is 6.07 Å². The van der Waals surface area contributed by atoms with Crippen molar-refractivity contribution in [3.8, 4) is 6.07 Å². The number of nitriles is 1. The van der Waals surface area contributed by atoms with Crippen molar-refractivity contribution in [3.05, 3.63) is 28.8 Å². The number of hydrogen-bond donors (Lipinski definition) is 1. The topological polar surface area (TPSA) is 87.2 Å². The van der Waals surface area contributed by atoms with Crippen LogP contribution in [0.3, 0.4) is 0 Å². The van der Waals surface area contributed by atoms with Gasteiger partial charge in [0.05, 0.1) is 10.6 Å². The van der Waals surface area contributed by atoms with E-state index in [4.69, 9.17) is 22.6 Å². The first-order chi connectivity index (χ1) is 9.02. The summed E-state index contributed by atoms with van der Waals surface area (Å²) in [5, 5.41) is 9.23. The summed E-state index contributed by atoms with van der Waals surface area (Å²) in [6.07, 6.45) is 1.53. The molecule has 110 valence electrons. The lowest BCUT2D eigenvalue weighted by Gasteiger charge is -2.23. The minimum Gasteiger partial charge on any atom is -0.329 e. The molecule has 1 aromatic carbocycles. The Labute approximate surface area is 129 Å². The van der Waals surface area contributed by atoms with Gasteiger partial charge < -0.3 is 5.73 Å². The standard InChI is InChI=1S/C12H14ClN3O2S.ClH/c13-11-4-1-5-12(10(11)8-15)19(17,18)16-6-2-3-9(16)7-14;/h1,4-5,9H,2-3,6-7,14H2;1H. The highest BCUT2D eigenvalue weighted by atomic mass is 35.5. The summed E-state index contributed by atoms with van der Waals surface area (Å²) in [5.74, 6) is 0. The zero-order chi connectivity index (χ0) is 14.0. The zero-order valence-corrected chi connectivity index (χ0v) is 13.0. The monoisotopic (exact) mass is 335 g/mol. The fourth-order valence-corrected chi connectivity index (χ4v) is 4.46. The Balaban J connectivity index is 0.00000200. The molecule has 0 aromatic heterocycles. The van der Waals surface area contributed by atoms with Gasteiger partial charge in [-0.15, -0.1) is 12.4 Å². The van der Waals surface area contributed by atoms with Crippen LogP contribution in [0, 0.1) is 11.3 Å². The summed E-state index contributed by atoms with van der Waals surface area (Å²) < 4.78 is 26.6. The Kier molecular flexibility index (Phi) is 5.80. The van der Waals surface area contributed by atoms with Gasteiger partial charge in [-0.05, 0) is 25.0 Å². The van der Waals surface area contributed by atoms with Crippen LogP contribution in [0.15, 0.2) is 23.1 Å². The Hall–Kier alpha value is -0.840. The van der Waals surface area contributed by atoms with E-state index < -0.39 is 10.0 Å². The maximum absolute atomic E-state index is 12.6. The van der Waals surface area contributed by atoms with Gasteiger partial charge in [0, 0.05) is 19.1 Å². The molecule has 0 amide bonds. The highest BCUT2D eigenvalue weighted by Crippen LogP contribution is 2.30. The number of nitrogens with zero attached hydrogens (tertiary/aromatic N) is 2. The van der Waals surface area contributed by atoms with Crippen LogP contribution in [0.4, 0.5) is 0 Å². The zero-order valence-electron chi connectivity index (χ0n) is 10.6. The van der Waals surface area contributed by atoms with E-state index in [1.54, 1.807) is 0 Å². The smallest absolute Gasteiger partial charge is 0.244 e. The predicted molar refractivity (Wildman–Crippen MR) is 79.4 cm³/mol. The first-order valence-electron chi connectivity index (χ1n) is 5.93. The van der Waals surface area contributed by atoms with Gasteiger partial charge in [-0.2, -0.15) is 9.57 Å². The van der Waals surface area contributed by atoms with Crippen LogP contribution in [0.1, 0.15) is 18.4 Å². The molecule has 0 spiro atoms. The summed E-state index contributed by atoms with van der Waals surface area (Å²) in [6.45, 7) is 0.712. The second kappa shape index (κ2) is 6.74. The molecule has 1 aromatic rings. The van der Waals surface area contributed by atoms with Gasteiger partial charge in [0.25, 0.3) is 0 Å². The van der Waals surface area contributed by atoms with Gasteiger partial charge >= 0.3 is 0 Å². The summed E-state index contributed by atoms with van der Waals surface area (Å²) in [5.41, 5.74) is 5.59. The number of sulfonamides is 1. The summed E-state index contributed by atoms with van der Waals surface area (Å²) >= 11 is 5.88. The van der Waals surface area contributed by atoms with Crippen molar-refractivity contribution in [2.24, 2.45) is 5.73 Å². The van der Waals surface area contributed by atoms with Gasteiger partial charge in [0.2, 0.25) is 10.0 Å². The lowest BCUT2D eigenvalue weighted by Crippen LogP contribution is -2.40.